The third-order valence-electron chi connectivity index (χ3n) is 5.16. The summed E-state index contributed by atoms with van der Waals surface area (Å²) >= 11 is 0. The molecule has 0 saturated heterocycles. The molecule has 1 amide bonds. The van der Waals surface area contributed by atoms with Gasteiger partial charge >= 0.3 is 0 Å². The van der Waals surface area contributed by atoms with Crippen LogP contribution in [0.1, 0.15) is 43.7 Å². The van der Waals surface area contributed by atoms with Gasteiger partial charge in [-0.3, -0.25) is 19.9 Å². The van der Waals surface area contributed by atoms with Crippen LogP contribution in [0.2, 0.25) is 0 Å². The molecule has 2 N–H and O–H groups in total. The first kappa shape index (κ1) is 16.4. The maximum absolute atomic E-state index is 11.5. The lowest BCUT2D eigenvalue weighted by Gasteiger charge is -2.45. The number of hydrogen-bond acceptors (Lipinski definition) is 5. The molecule has 0 bridgehead atoms. The maximum atomic E-state index is 11.5. The Morgan fingerprint density at radius 1 is 1.52 bits per heavy atom. The van der Waals surface area contributed by atoms with Crippen molar-refractivity contribution in [2.24, 2.45) is 5.92 Å². The molecule has 130 valence electrons. The molecule has 0 unspecified atom stereocenters. The van der Waals surface area contributed by atoms with Crippen LogP contribution in [-0.2, 0) is 13.0 Å². The summed E-state index contributed by atoms with van der Waals surface area (Å²) in [4.78, 5) is 20.7. The van der Waals surface area contributed by atoms with Gasteiger partial charge < -0.3 is 4.90 Å². The lowest BCUT2D eigenvalue weighted by atomic mass is 9.76. The number of fused-ring (bicyclic) bond motifs is 1. The highest BCUT2D eigenvalue weighted by Crippen LogP contribution is 2.36. The Morgan fingerprint density at radius 2 is 2.30 bits per heavy atom. The first-order chi connectivity index (χ1) is 11.1. The molecule has 0 spiro atoms. The van der Waals surface area contributed by atoms with Crippen LogP contribution in [0, 0.1) is 5.92 Å². The Balaban J connectivity index is 0.00000156. The Kier molecular flexibility index (Phi) is 4.94. The summed E-state index contributed by atoms with van der Waals surface area (Å²) < 4.78 is 0. The smallest absolute Gasteiger partial charge is 0.276 e. The number of aromatic nitrogens is 1. The van der Waals surface area contributed by atoms with Crippen molar-refractivity contribution in [2.75, 3.05) is 27.2 Å². The first-order valence-corrected chi connectivity index (χ1v) is 8.38. The molecule has 0 radical (unpaired) electrons. The molecule has 0 atom stereocenters. The van der Waals surface area contributed by atoms with E-state index in [1.54, 1.807) is 11.7 Å². The third-order valence-corrected chi connectivity index (χ3v) is 5.16. The number of nitrogens with zero attached hydrogens (tertiary/aromatic N) is 3. The second-order valence-corrected chi connectivity index (χ2v) is 7.07. The topological polar surface area (TPSA) is 68.7 Å². The van der Waals surface area contributed by atoms with Gasteiger partial charge in [-0.15, -0.1) is 0 Å². The number of carbonyl (C=O) groups is 1. The van der Waals surface area contributed by atoms with Crippen molar-refractivity contribution in [3.63, 3.8) is 0 Å². The van der Waals surface area contributed by atoms with Gasteiger partial charge in [0, 0.05) is 28.2 Å². The molecule has 1 aromatic heterocycles. The summed E-state index contributed by atoms with van der Waals surface area (Å²) in [6.45, 7) is 3.09. The highest BCUT2D eigenvalue weighted by Gasteiger charge is 2.35. The number of nitrogens with one attached hydrogen (secondary N) is 1. The van der Waals surface area contributed by atoms with Crippen molar-refractivity contribution in [1.29, 1.82) is 0 Å². The van der Waals surface area contributed by atoms with Crippen LogP contribution in [0.3, 0.4) is 0 Å². The van der Waals surface area contributed by atoms with E-state index in [2.05, 4.69) is 28.9 Å². The summed E-state index contributed by atoms with van der Waals surface area (Å²) in [7, 11) is 4.27. The van der Waals surface area contributed by atoms with E-state index in [0.717, 1.165) is 36.7 Å². The largest absolute Gasteiger partial charge is 0.309 e. The molecule has 3 rings (SSSR count). The van der Waals surface area contributed by atoms with Gasteiger partial charge in [-0.05, 0) is 63.9 Å². The molecule has 2 aliphatic rings. The highest BCUT2D eigenvalue weighted by atomic mass is 16.5. The van der Waals surface area contributed by atoms with Crippen LogP contribution in [0.15, 0.2) is 12.3 Å². The van der Waals surface area contributed by atoms with Crippen molar-refractivity contribution in [2.45, 2.75) is 38.3 Å². The van der Waals surface area contributed by atoms with E-state index in [9.17, 15) is 4.79 Å². The van der Waals surface area contributed by atoms with E-state index in [-0.39, 0.29) is 2.85 Å². The minimum Gasteiger partial charge on any atom is -0.309 e. The summed E-state index contributed by atoms with van der Waals surface area (Å²) in [6, 6.07) is 2.55. The van der Waals surface area contributed by atoms with Gasteiger partial charge in [0.05, 0.1) is 11.3 Å². The molecule has 1 aliphatic carbocycles. The lowest BCUT2D eigenvalue weighted by Crippen LogP contribution is -2.47. The number of amides is 1. The maximum Gasteiger partial charge on any atom is 0.276 e. The van der Waals surface area contributed by atoms with E-state index < -0.39 is 5.91 Å². The van der Waals surface area contributed by atoms with Crippen molar-refractivity contribution in [3.05, 3.63) is 29.1 Å². The van der Waals surface area contributed by atoms with Crippen molar-refractivity contribution in [1.82, 2.24) is 20.3 Å². The van der Waals surface area contributed by atoms with Gasteiger partial charge in [0.25, 0.3) is 5.91 Å². The predicted molar refractivity (Wildman–Crippen MR) is 91.5 cm³/mol. The normalized spacial score (nSPS) is 24.2. The fourth-order valence-electron chi connectivity index (χ4n) is 3.61. The summed E-state index contributed by atoms with van der Waals surface area (Å²) in [6.07, 6.45) is 6.37. The molecule has 6 nitrogen and oxygen atoms in total. The van der Waals surface area contributed by atoms with E-state index in [0.29, 0.717) is 11.6 Å². The fourth-order valence-corrected chi connectivity index (χ4v) is 3.61. The van der Waals surface area contributed by atoms with Gasteiger partial charge in [-0.25, -0.2) is 5.48 Å². The number of hydroxylamine groups is 1. The molecular weight excluding hydrogens is 292 g/mol. The quantitative estimate of drug-likeness (QED) is 0.639. The molecule has 1 saturated carbocycles. The number of rotatable bonds is 5. The number of pyridine rings is 1. The Morgan fingerprint density at radius 3 is 3.00 bits per heavy atom. The molecule has 6 heteroatoms. The van der Waals surface area contributed by atoms with E-state index >= 15 is 0 Å². The lowest BCUT2D eigenvalue weighted by molar-refractivity contribution is 0.0586. The third kappa shape index (κ3) is 3.71. The molecule has 1 fully saturated rings. The van der Waals surface area contributed by atoms with Crippen molar-refractivity contribution in [3.8, 4) is 0 Å². The Hall–Kier alpha value is -1.50. The zero-order chi connectivity index (χ0) is 16.4. The zero-order valence-corrected chi connectivity index (χ0v) is 14.0. The molecule has 0 aromatic carbocycles. The van der Waals surface area contributed by atoms with Gasteiger partial charge in [0.15, 0.2) is 0 Å². The highest BCUT2D eigenvalue weighted by molar-refractivity contribution is 5.93. The molecular formula is C17H30N4O2. The minimum atomic E-state index is -0.495. The summed E-state index contributed by atoms with van der Waals surface area (Å²) in [5.74, 6) is 0.373. The van der Waals surface area contributed by atoms with Gasteiger partial charge in [-0.1, -0.05) is 0 Å². The standard InChI is InChI=1S/C17H26N4O2.2H2/c1-20(2)5-3-12-7-15(8-12)21-6-4-13-9-14(17(22)19-23)10-18-16(13)11-21;;/h9-10,12,15,23H,3-8,11H2,1-2H3,(H,19,22);2*1H. The SMILES string of the molecule is CN(C)CCC1CC(N2CCc3cc(C(=O)NO)cnc3C2)C1.[HH].[HH]. The molecule has 2 heterocycles. The van der Waals surface area contributed by atoms with Crippen LogP contribution in [0.25, 0.3) is 0 Å². The van der Waals surface area contributed by atoms with Gasteiger partial charge in [0.2, 0.25) is 0 Å². The van der Waals surface area contributed by atoms with Gasteiger partial charge in [-0.2, -0.15) is 0 Å². The molecule has 1 aromatic rings. The van der Waals surface area contributed by atoms with Crippen molar-refractivity contribution < 1.29 is 12.9 Å². The van der Waals surface area contributed by atoms with Crippen LogP contribution >= 0.6 is 0 Å². The second-order valence-electron chi connectivity index (χ2n) is 7.07. The Bertz CT molecular complexity index is 580. The molecule has 1 aliphatic heterocycles. The summed E-state index contributed by atoms with van der Waals surface area (Å²) in [5, 5.41) is 8.71. The monoisotopic (exact) mass is 322 g/mol. The average Bonchev–Trinajstić information content (AvgIpc) is 2.51. The van der Waals surface area contributed by atoms with E-state index in [1.807, 2.05) is 6.07 Å². The van der Waals surface area contributed by atoms with Gasteiger partial charge in [0.1, 0.15) is 0 Å². The molecule has 23 heavy (non-hydrogen) atoms. The fraction of sp³-hybridized carbons (Fsp3) is 0.647. The number of hydrogen-bond donors (Lipinski definition) is 2. The van der Waals surface area contributed by atoms with Crippen LogP contribution < -0.4 is 5.48 Å². The minimum absolute atomic E-state index is 0. The van der Waals surface area contributed by atoms with Crippen molar-refractivity contribution >= 4 is 5.91 Å². The van der Waals surface area contributed by atoms with Crippen LogP contribution in [0.4, 0.5) is 0 Å². The van der Waals surface area contributed by atoms with E-state index in [4.69, 9.17) is 5.21 Å². The zero-order valence-electron chi connectivity index (χ0n) is 14.0. The number of carbonyl (C=O) groups excluding carboxylic acids is 1. The Labute approximate surface area is 140 Å². The summed E-state index contributed by atoms with van der Waals surface area (Å²) in [5.41, 5.74) is 4.29. The average molecular weight is 322 g/mol. The van der Waals surface area contributed by atoms with Crippen LogP contribution in [0.5, 0.6) is 0 Å². The first-order valence-electron chi connectivity index (χ1n) is 8.38. The van der Waals surface area contributed by atoms with Crippen LogP contribution in [-0.4, -0.2) is 59.1 Å². The second kappa shape index (κ2) is 6.95. The predicted octanol–water partition coefficient (Wildman–Crippen LogP) is 1.78. The van der Waals surface area contributed by atoms with E-state index in [1.165, 1.54) is 25.8 Å².